The van der Waals surface area contributed by atoms with Gasteiger partial charge in [-0.3, -0.25) is 0 Å². The molecular weight excluding hydrogens is 274 g/mol. The van der Waals surface area contributed by atoms with Gasteiger partial charge in [-0.05, 0) is 24.6 Å². The van der Waals surface area contributed by atoms with Crippen LogP contribution in [0, 0.1) is 0 Å². The molecule has 0 heterocycles. The van der Waals surface area contributed by atoms with Crippen LogP contribution in [0.2, 0.25) is 0 Å². The number of alkyl halides is 6. The van der Waals surface area contributed by atoms with Gasteiger partial charge in [0, 0.05) is 6.54 Å². The molecular formula is C11H12F6N2. The molecule has 0 saturated carbocycles. The van der Waals surface area contributed by atoms with E-state index in [0.717, 1.165) is 12.1 Å². The van der Waals surface area contributed by atoms with Gasteiger partial charge in [-0.1, -0.05) is 6.07 Å². The molecule has 2 nitrogen and oxygen atoms in total. The number of rotatable bonds is 3. The summed E-state index contributed by atoms with van der Waals surface area (Å²) >= 11 is 0. The average Bonchev–Trinajstić information content (AvgIpc) is 2.18. The number of anilines is 2. The molecule has 1 aromatic rings. The van der Waals surface area contributed by atoms with Gasteiger partial charge in [0.15, 0.2) is 5.92 Å². The van der Waals surface area contributed by atoms with E-state index in [2.05, 4.69) is 5.32 Å². The van der Waals surface area contributed by atoms with Crippen molar-refractivity contribution in [3.63, 3.8) is 0 Å². The van der Waals surface area contributed by atoms with Crippen molar-refractivity contribution in [2.75, 3.05) is 17.6 Å². The molecule has 0 amide bonds. The number of nitrogens with two attached hydrogens (primary N) is 1. The molecule has 3 N–H and O–H groups in total. The van der Waals surface area contributed by atoms with Crippen molar-refractivity contribution in [3.8, 4) is 0 Å². The lowest BCUT2D eigenvalue weighted by molar-refractivity contribution is -0.253. The Balaban J connectivity index is 3.22. The molecule has 19 heavy (non-hydrogen) atoms. The number of nitrogen functional groups attached to an aromatic ring is 1. The number of halogens is 6. The van der Waals surface area contributed by atoms with E-state index in [1.165, 1.54) is 0 Å². The molecule has 8 heteroatoms. The van der Waals surface area contributed by atoms with Crippen molar-refractivity contribution in [1.82, 2.24) is 0 Å². The first-order valence-electron chi connectivity index (χ1n) is 5.34. The van der Waals surface area contributed by atoms with Gasteiger partial charge in [-0.15, -0.1) is 0 Å². The van der Waals surface area contributed by atoms with Crippen LogP contribution in [0.3, 0.4) is 0 Å². The van der Waals surface area contributed by atoms with E-state index in [1.54, 1.807) is 6.92 Å². The summed E-state index contributed by atoms with van der Waals surface area (Å²) in [5.41, 5.74) is 4.66. The molecule has 1 rings (SSSR count). The van der Waals surface area contributed by atoms with Gasteiger partial charge in [0.2, 0.25) is 0 Å². The first-order valence-corrected chi connectivity index (χ1v) is 5.34. The van der Waals surface area contributed by atoms with Crippen molar-refractivity contribution < 1.29 is 26.3 Å². The summed E-state index contributed by atoms with van der Waals surface area (Å²) in [6, 6.07) is 2.59. The van der Waals surface area contributed by atoms with Crippen molar-refractivity contribution in [3.05, 3.63) is 23.8 Å². The Morgan fingerprint density at radius 2 is 1.63 bits per heavy atom. The summed E-state index contributed by atoms with van der Waals surface area (Å²) in [5, 5.41) is 2.73. The average molecular weight is 286 g/mol. The van der Waals surface area contributed by atoms with Gasteiger partial charge in [0.1, 0.15) is 0 Å². The SMILES string of the molecule is CCNc1ccc(C(C(F)(F)F)C(F)(F)F)cc1N. The lowest BCUT2D eigenvalue weighted by Crippen LogP contribution is -2.34. The van der Waals surface area contributed by atoms with Crippen molar-refractivity contribution in [2.24, 2.45) is 0 Å². The normalized spacial score (nSPS) is 12.8. The highest BCUT2D eigenvalue weighted by Crippen LogP contribution is 2.47. The first kappa shape index (κ1) is 15.5. The highest BCUT2D eigenvalue weighted by atomic mass is 19.4. The summed E-state index contributed by atoms with van der Waals surface area (Å²) < 4.78 is 75.0. The maximum Gasteiger partial charge on any atom is 0.404 e. The van der Waals surface area contributed by atoms with Crippen LogP contribution in [-0.2, 0) is 0 Å². The van der Waals surface area contributed by atoms with Crippen molar-refractivity contribution >= 4 is 11.4 Å². The second-order valence-electron chi connectivity index (χ2n) is 3.89. The molecule has 0 spiro atoms. The van der Waals surface area contributed by atoms with Crippen LogP contribution in [0.25, 0.3) is 0 Å². The Morgan fingerprint density at radius 3 is 2.00 bits per heavy atom. The van der Waals surface area contributed by atoms with Gasteiger partial charge in [0.05, 0.1) is 11.4 Å². The third-order valence-electron chi connectivity index (χ3n) is 2.43. The Hall–Kier alpha value is -1.60. The van der Waals surface area contributed by atoms with E-state index in [9.17, 15) is 26.3 Å². The number of hydrogen-bond acceptors (Lipinski definition) is 2. The van der Waals surface area contributed by atoms with Crippen LogP contribution in [0.5, 0.6) is 0 Å². The summed E-state index contributed by atoms with van der Waals surface area (Å²) in [7, 11) is 0. The summed E-state index contributed by atoms with van der Waals surface area (Å²) in [6.07, 6.45) is -10.8. The number of benzene rings is 1. The van der Waals surface area contributed by atoms with Crippen molar-refractivity contribution in [1.29, 1.82) is 0 Å². The molecule has 1 aromatic carbocycles. The Kier molecular flexibility index (Phi) is 4.21. The van der Waals surface area contributed by atoms with E-state index < -0.39 is 23.8 Å². The van der Waals surface area contributed by atoms with Crippen molar-refractivity contribution in [2.45, 2.75) is 25.2 Å². The third-order valence-corrected chi connectivity index (χ3v) is 2.43. The molecule has 0 aromatic heterocycles. The molecule has 0 bridgehead atoms. The zero-order valence-corrected chi connectivity index (χ0v) is 9.86. The Labute approximate surface area is 105 Å². The van der Waals surface area contributed by atoms with E-state index in [1.807, 2.05) is 0 Å². The van der Waals surface area contributed by atoms with Crippen LogP contribution in [0.1, 0.15) is 18.4 Å². The third kappa shape index (κ3) is 3.68. The van der Waals surface area contributed by atoms with E-state index >= 15 is 0 Å². The maximum absolute atomic E-state index is 12.5. The minimum absolute atomic E-state index is 0.155. The Morgan fingerprint density at radius 1 is 1.11 bits per heavy atom. The van der Waals surface area contributed by atoms with Crippen LogP contribution >= 0.6 is 0 Å². The summed E-state index contributed by atoms with van der Waals surface area (Å²) in [5.74, 6) is -3.53. The van der Waals surface area contributed by atoms with Gasteiger partial charge >= 0.3 is 12.4 Å². The highest BCUT2D eigenvalue weighted by molar-refractivity contribution is 5.67. The lowest BCUT2D eigenvalue weighted by Gasteiger charge is -2.24. The van der Waals surface area contributed by atoms with Gasteiger partial charge < -0.3 is 11.1 Å². The number of nitrogens with one attached hydrogen (secondary N) is 1. The van der Waals surface area contributed by atoms with E-state index in [-0.39, 0.29) is 5.69 Å². The molecule has 0 unspecified atom stereocenters. The second-order valence-corrected chi connectivity index (χ2v) is 3.89. The minimum atomic E-state index is -5.41. The van der Waals surface area contributed by atoms with Crippen LogP contribution < -0.4 is 11.1 Å². The van der Waals surface area contributed by atoms with E-state index in [4.69, 9.17) is 5.73 Å². The topological polar surface area (TPSA) is 38.0 Å². The minimum Gasteiger partial charge on any atom is -0.397 e. The van der Waals surface area contributed by atoms with Gasteiger partial charge in [-0.2, -0.15) is 26.3 Å². The molecule has 0 aliphatic carbocycles. The van der Waals surface area contributed by atoms with Crippen LogP contribution in [-0.4, -0.2) is 18.9 Å². The molecule has 0 aliphatic heterocycles. The van der Waals surface area contributed by atoms with Gasteiger partial charge in [-0.25, -0.2) is 0 Å². The van der Waals surface area contributed by atoms with E-state index in [0.29, 0.717) is 18.3 Å². The van der Waals surface area contributed by atoms with Crippen LogP contribution in [0.15, 0.2) is 18.2 Å². The highest BCUT2D eigenvalue weighted by Gasteiger charge is 2.57. The zero-order chi connectivity index (χ0) is 14.8. The predicted molar refractivity (Wildman–Crippen MR) is 59.9 cm³/mol. The fourth-order valence-electron chi connectivity index (χ4n) is 1.68. The largest absolute Gasteiger partial charge is 0.404 e. The number of hydrogen-bond donors (Lipinski definition) is 2. The second kappa shape index (κ2) is 5.18. The summed E-state index contributed by atoms with van der Waals surface area (Å²) in [4.78, 5) is 0. The molecule has 0 fully saturated rings. The first-order chi connectivity index (χ1) is 8.57. The molecule has 0 saturated heterocycles. The fourth-order valence-corrected chi connectivity index (χ4v) is 1.68. The fraction of sp³-hybridized carbons (Fsp3) is 0.455. The molecule has 0 atom stereocenters. The van der Waals surface area contributed by atoms with Crippen LogP contribution in [0.4, 0.5) is 37.7 Å². The zero-order valence-electron chi connectivity index (χ0n) is 9.86. The molecule has 0 radical (unpaired) electrons. The molecule has 0 aliphatic rings. The quantitative estimate of drug-likeness (QED) is 0.653. The summed E-state index contributed by atoms with van der Waals surface area (Å²) in [6.45, 7) is 2.17. The Bertz CT molecular complexity index is 424. The monoisotopic (exact) mass is 286 g/mol. The lowest BCUT2D eigenvalue weighted by atomic mass is 9.97. The van der Waals surface area contributed by atoms with Gasteiger partial charge in [0.25, 0.3) is 0 Å². The maximum atomic E-state index is 12.5. The predicted octanol–water partition coefficient (Wildman–Crippen LogP) is 3.91. The molecule has 108 valence electrons. The standard InChI is InChI=1S/C11H12F6N2/c1-2-19-8-4-3-6(5-7(8)18)9(10(12,13)14)11(15,16)17/h3-5,9,19H,2,18H2,1H3. The smallest absolute Gasteiger partial charge is 0.397 e.